The van der Waals surface area contributed by atoms with E-state index in [1.165, 1.54) is 36.9 Å². The molecule has 6 heteroatoms. The molecule has 21 heavy (non-hydrogen) atoms. The Labute approximate surface area is 122 Å². The molecular formula is C15H18FNO4. The lowest BCUT2D eigenvalue weighted by molar-refractivity contribution is -0.153. The number of carbonyl (C=O) groups is 2. The highest BCUT2D eigenvalue weighted by atomic mass is 19.1. The minimum atomic E-state index is -1.05. The van der Waals surface area contributed by atoms with Gasteiger partial charge >= 0.3 is 5.97 Å². The highest BCUT2D eigenvalue weighted by Crippen LogP contribution is 2.30. The number of carboxylic acids is 1. The third-order valence-electron chi connectivity index (χ3n) is 3.43. The van der Waals surface area contributed by atoms with Crippen LogP contribution in [-0.4, -0.2) is 40.1 Å². The van der Waals surface area contributed by atoms with Crippen molar-refractivity contribution in [1.29, 1.82) is 0 Å². The van der Waals surface area contributed by atoms with Crippen LogP contribution in [0.25, 0.3) is 0 Å². The molecule has 1 aliphatic rings. The number of amides is 1. The van der Waals surface area contributed by atoms with Crippen molar-refractivity contribution >= 4 is 11.9 Å². The van der Waals surface area contributed by atoms with E-state index < -0.39 is 29.8 Å². The Bertz CT molecular complexity index is 544. The SMILES string of the molecule is CC(Oc1cccc(F)c1)C(=O)N(C1CC1)C(C)C(=O)O. The lowest BCUT2D eigenvalue weighted by Crippen LogP contribution is -2.49. The van der Waals surface area contributed by atoms with Gasteiger partial charge in [-0.3, -0.25) is 4.79 Å². The van der Waals surface area contributed by atoms with Crippen LogP contribution in [0.5, 0.6) is 5.75 Å². The first-order valence-corrected chi connectivity index (χ1v) is 6.87. The first-order chi connectivity index (χ1) is 9.90. The van der Waals surface area contributed by atoms with Crippen LogP contribution in [0.4, 0.5) is 4.39 Å². The normalized spacial score (nSPS) is 16.9. The summed E-state index contributed by atoms with van der Waals surface area (Å²) >= 11 is 0. The number of halogens is 1. The first-order valence-electron chi connectivity index (χ1n) is 6.87. The maximum Gasteiger partial charge on any atom is 0.326 e. The van der Waals surface area contributed by atoms with Crippen molar-refractivity contribution < 1.29 is 23.8 Å². The zero-order valence-corrected chi connectivity index (χ0v) is 12.0. The summed E-state index contributed by atoms with van der Waals surface area (Å²) in [5.41, 5.74) is 0. The quantitative estimate of drug-likeness (QED) is 0.872. The number of benzene rings is 1. The number of hydrogen-bond acceptors (Lipinski definition) is 3. The van der Waals surface area contributed by atoms with Crippen molar-refractivity contribution in [2.45, 2.75) is 44.9 Å². The van der Waals surface area contributed by atoms with E-state index in [0.717, 1.165) is 12.8 Å². The lowest BCUT2D eigenvalue weighted by Gasteiger charge is -2.29. The molecule has 1 aromatic carbocycles. The van der Waals surface area contributed by atoms with E-state index in [2.05, 4.69) is 0 Å². The van der Waals surface area contributed by atoms with Crippen LogP contribution in [0.3, 0.4) is 0 Å². The molecule has 1 amide bonds. The van der Waals surface area contributed by atoms with Crippen molar-refractivity contribution in [1.82, 2.24) is 4.90 Å². The number of rotatable bonds is 6. The van der Waals surface area contributed by atoms with E-state index in [-0.39, 0.29) is 11.8 Å². The molecule has 1 aliphatic carbocycles. The zero-order valence-electron chi connectivity index (χ0n) is 12.0. The van der Waals surface area contributed by atoms with Gasteiger partial charge in [0.25, 0.3) is 5.91 Å². The highest BCUT2D eigenvalue weighted by molar-refractivity contribution is 5.86. The number of carbonyl (C=O) groups excluding carboxylic acids is 1. The molecule has 114 valence electrons. The van der Waals surface area contributed by atoms with Crippen LogP contribution in [-0.2, 0) is 9.59 Å². The predicted octanol–water partition coefficient (Wildman–Crippen LogP) is 2.06. The molecule has 0 aliphatic heterocycles. The molecule has 0 bridgehead atoms. The van der Waals surface area contributed by atoms with Gasteiger partial charge in [-0.15, -0.1) is 0 Å². The van der Waals surface area contributed by atoms with Crippen LogP contribution in [0, 0.1) is 5.82 Å². The minimum Gasteiger partial charge on any atom is -0.481 e. The van der Waals surface area contributed by atoms with Gasteiger partial charge in [-0.2, -0.15) is 0 Å². The number of nitrogens with zero attached hydrogens (tertiary/aromatic N) is 1. The number of aliphatic carboxylic acids is 1. The molecule has 2 unspecified atom stereocenters. The molecule has 0 radical (unpaired) electrons. The van der Waals surface area contributed by atoms with Crippen LogP contribution < -0.4 is 4.74 Å². The topological polar surface area (TPSA) is 66.8 Å². The monoisotopic (exact) mass is 295 g/mol. The molecule has 1 N–H and O–H groups in total. The fourth-order valence-electron chi connectivity index (χ4n) is 2.16. The Morgan fingerprint density at radius 3 is 2.57 bits per heavy atom. The smallest absolute Gasteiger partial charge is 0.326 e. The predicted molar refractivity (Wildman–Crippen MR) is 73.5 cm³/mol. The average molecular weight is 295 g/mol. The summed E-state index contributed by atoms with van der Waals surface area (Å²) < 4.78 is 18.5. The minimum absolute atomic E-state index is 0.0397. The van der Waals surface area contributed by atoms with E-state index in [0.29, 0.717) is 0 Å². The standard InChI is InChI=1S/C15H18FNO4/c1-9(15(19)20)17(12-6-7-12)14(18)10(2)21-13-5-3-4-11(16)8-13/h3-5,8-10,12H,6-7H2,1-2H3,(H,19,20). The van der Waals surface area contributed by atoms with Gasteiger partial charge in [0.2, 0.25) is 0 Å². The van der Waals surface area contributed by atoms with Crippen LogP contribution in [0.2, 0.25) is 0 Å². The summed E-state index contributed by atoms with van der Waals surface area (Å²) in [7, 11) is 0. The number of ether oxygens (including phenoxy) is 1. The van der Waals surface area contributed by atoms with Gasteiger partial charge in [-0.05, 0) is 38.8 Å². The molecule has 0 spiro atoms. The third-order valence-corrected chi connectivity index (χ3v) is 3.43. The van der Waals surface area contributed by atoms with Gasteiger partial charge in [0.15, 0.2) is 6.10 Å². The highest BCUT2D eigenvalue weighted by Gasteiger charge is 2.40. The first kappa shape index (κ1) is 15.3. The van der Waals surface area contributed by atoms with Crippen LogP contribution in [0.15, 0.2) is 24.3 Å². The van der Waals surface area contributed by atoms with Gasteiger partial charge < -0.3 is 14.7 Å². The molecule has 0 heterocycles. The Morgan fingerprint density at radius 2 is 2.05 bits per heavy atom. The Balaban J connectivity index is 2.07. The second kappa shape index (κ2) is 6.11. The van der Waals surface area contributed by atoms with Gasteiger partial charge in [0.05, 0.1) is 0 Å². The van der Waals surface area contributed by atoms with Crippen molar-refractivity contribution in [3.8, 4) is 5.75 Å². The molecule has 1 aromatic rings. The van der Waals surface area contributed by atoms with E-state index in [9.17, 15) is 14.0 Å². The Hall–Kier alpha value is -2.11. The summed E-state index contributed by atoms with van der Waals surface area (Å²) in [6, 6.07) is 4.56. The van der Waals surface area contributed by atoms with E-state index in [1.54, 1.807) is 6.07 Å². The van der Waals surface area contributed by atoms with Crippen molar-refractivity contribution in [2.75, 3.05) is 0 Å². The summed E-state index contributed by atoms with van der Waals surface area (Å²) in [6.07, 6.45) is 0.737. The lowest BCUT2D eigenvalue weighted by atomic mass is 10.2. The summed E-state index contributed by atoms with van der Waals surface area (Å²) in [4.78, 5) is 24.9. The molecule has 2 rings (SSSR count). The van der Waals surface area contributed by atoms with Crippen LogP contribution >= 0.6 is 0 Å². The molecule has 2 atom stereocenters. The van der Waals surface area contributed by atoms with E-state index in [4.69, 9.17) is 9.84 Å². The van der Waals surface area contributed by atoms with Gasteiger partial charge in [0.1, 0.15) is 17.6 Å². The molecular weight excluding hydrogens is 277 g/mol. The van der Waals surface area contributed by atoms with Crippen molar-refractivity contribution in [3.05, 3.63) is 30.1 Å². The fraction of sp³-hybridized carbons (Fsp3) is 0.467. The van der Waals surface area contributed by atoms with Gasteiger partial charge in [-0.25, -0.2) is 9.18 Å². The Morgan fingerprint density at radius 1 is 1.38 bits per heavy atom. The third kappa shape index (κ3) is 3.71. The van der Waals surface area contributed by atoms with E-state index in [1.807, 2.05) is 0 Å². The largest absolute Gasteiger partial charge is 0.481 e. The van der Waals surface area contributed by atoms with Crippen molar-refractivity contribution in [2.24, 2.45) is 0 Å². The molecule has 5 nitrogen and oxygen atoms in total. The van der Waals surface area contributed by atoms with Gasteiger partial charge in [0, 0.05) is 12.1 Å². The molecule has 0 saturated heterocycles. The molecule has 1 saturated carbocycles. The molecule has 0 aromatic heterocycles. The van der Waals surface area contributed by atoms with Crippen LogP contribution in [0.1, 0.15) is 26.7 Å². The summed E-state index contributed by atoms with van der Waals surface area (Å²) in [6.45, 7) is 3.02. The Kier molecular flexibility index (Phi) is 4.45. The summed E-state index contributed by atoms with van der Waals surface area (Å²) in [5.74, 6) is -1.65. The molecule has 1 fully saturated rings. The van der Waals surface area contributed by atoms with Gasteiger partial charge in [-0.1, -0.05) is 6.07 Å². The second-order valence-electron chi connectivity index (χ2n) is 5.21. The number of carboxylic acid groups (broad SMARTS) is 1. The maximum absolute atomic E-state index is 13.1. The fourth-order valence-corrected chi connectivity index (χ4v) is 2.16. The van der Waals surface area contributed by atoms with Crippen molar-refractivity contribution in [3.63, 3.8) is 0 Å². The number of hydrogen-bond donors (Lipinski definition) is 1. The second-order valence-corrected chi connectivity index (χ2v) is 5.21. The maximum atomic E-state index is 13.1. The summed E-state index contributed by atoms with van der Waals surface area (Å²) in [5, 5.41) is 9.10. The average Bonchev–Trinajstić information content (AvgIpc) is 3.23. The van der Waals surface area contributed by atoms with E-state index >= 15 is 0 Å². The zero-order chi connectivity index (χ0) is 15.6.